The standard InChI is InChI=1S/C12H12BrClN2O/c1-8-11(6-7-13)12(17-16-8)15-10-4-2-9(14)3-5-10/h2-5,15H,6-7H2,1H3. The van der Waals surface area contributed by atoms with Gasteiger partial charge in [-0.3, -0.25) is 0 Å². The van der Waals surface area contributed by atoms with Crippen LogP contribution in [0.15, 0.2) is 28.8 Å². The maximum atomic E-state index is 5.83. The van der Waals surface area contributed by atoms with Crippen molar-refractivity contribution >= 4 is 39.1 Å². The number of benzene rings is 1. The summed E-state index contributed by atoms with van der Waals surface area (Å²) in [5, 5.41) is 8.75. The molecule has 0 bridgehead atoms. The fourth-order valence-corrected chi connectivity index (χ4v) is 2.06. The van der Waals surface area contributed by atoms with Crippen molar-refractivity contribution in [2.24, 2.45) is 0 Å². The molecule has 0 spiro atoms. The molecule has 2 rings (SSSR count). The fourth-order valence-electron chi connectivity index (χ4n) is 1.54. The van der Waals surface area contributed by atoms with E-state index in [4.69, 9.17) is 16.1 Å². The van der Waals surface area contributed by atoms with Gasteiger partial charge in [0.15, 0.2) is 0 Å². The van der Waals surface area contributed by atoms with E-state index in [0.717, 1.165) is 28.7 Å². The Bertz CT molecular complexity index is 496. The van der Waals surface area contributed by atoms with Gasteiger partial charge in [-0.05, 0) is 37.6 Å². The Kier molecular flexibility index (Phi) is 4.07. The lowest BCUT2D eigenvalue weighted by atomic mass is 10.2. The summed E-state index contributed by atoms with van der Waals surface area (Å²) in [7, 11) is 0. The second kappa shape index (κ2) is 5.56. The van der Waals surface area contributed by atoms with E-state index in [1.807, 2.05) is 31.2 Å². The van der Waals surface area contributed by atoms with E-state index in [0.29, 0.717) is 10.9 Å². The largest absolute Gasteiger partial charge is 0.338 e. The van der Waals surface area contributed by atoms with Gasteiger partial charge in [-0.2, -0.15) is 0 Å². The van der Waals surface area contributed by atoms with Gasteiger partial charge in [0.2, 0.25) is 5.88 Å². The van der Waals surface area contributed by atoms with Crippen LogP contribution in [0.2, 0.25) is 5.02 Å². The Morgan fingerprint density at radius 1 is 1.35 bits per heavy atom. The molecular weight excluding hydrogens is 304 g/mol. The highest BCUT2D eigenvalue weighted by molar-refractivity contribution is 9.09. The Morgan fingerprint density at radius 3 is 2.71 bits per heavy atom. The number of anilines is 2. The van der Waals surface area contributed by atoms with E-state index in [2.05, 4.69) is 26.4 Å². The van der Waals surface area contributed by atoms with E-state index in [9.17, 15) is 0 Å². The molecule has 2 aromatic rings. The summed E-state index contributed by atoms with van der Waals surface area (Å²) in [6, 6.07) is 7.46. The Hall–Kier alpha value is -1.000. The number of aryl methyl sites for hydroxylation is 1. The van der Waals surface area contributed by atoms with Crippen LogP contribution >= 0.6 is 27.5 Å². The van der Waals surface area contributed by atoms with E-state index in [1.54, 1.807) is 0 Å². The van der Waals surface area contributed by atoms with Crippen molar-refractivity contribution in [2.45, 2.75) is 13.3 Å². The van der Waals surface area contributed by atoms with Gasteiger partial charge in [-0.15, -0.1) is 0 Å². The lowest BCUT2D eigenvalue weighted by Crippen LogP contribution is -1.95. The van der Waals surface area contributed by atoms with Crippen molar-refractivity contribution < 1.29 is 4.52 Å². The average Bonchev–Trinajstić information content (AvgIpc) is 2.65. The minimum Gasteiger partial charge on any atom is -0.338 e. The number of hydrogen-bond donors (Lipinski definition) is 1. The molecule has 0 saturated carbocycles. The molecule has 17 heavy (non-hydrogen) atoms. The lowest BCUT2D eigenvalue weighted by molar-refractivity contribution is 0.429. The number of hydrogen-bond acceptors (Lipinski definition) is 3. The van der Waals surface area contributed by atoms with Crippen LogP contribution in [-0.4, -0.2) is 10.5 Å². The van der Waals surface area contributed by atoms with Crippen LogP contribution in [0.3, 0.4) is 0 Å². The summed E-state index contributed by atoms with van der Waals surface area (Å²) in [5.41, 5.74) is 2.94. The van der Waals surface area contributed by atoms with Crippen LogP contribution < -0.4 is 5.32 Å². The number of rotatable bonds is 4. The lowest BCUT2D eigenvalue weighted by Gasteiger charge is -2.04. The van der Waals surface area contributed by atoms with Crippen molar-refractivity contribution in [1.82, 2.24) is 5.16 Å². The third-order valence-electron chi connectivity index (χ3n) is 2.43. The number of aromatic nitrogens is 1. The molecule has 0 aliphatic carbocycles. The number of nitrogens with zero attached hydrogens (tertiary/aromatic N) is 1. The zero-order valence-electron chi connectivity index (χ0n) is 9.34. The molecule has 5 heteroatoms. The molecular formula is C12H12BrClN2O. The molecule has 1 aromatic carbocycles. The van der Waals surface area contributed by atoms with E-state index in [-0.39, 0.29) is 0 Å². The van der Waals surface area contributed by atoms with Crippen LogP contribution in [-0.2, 0) is 6.42 Å². The molecule has 3 nitrogen and oxygen atoms in total. The van der Waals surface area contributed by atoms with Crippen molar-refractivity contribution in [3.63, 3.8) is 0 Å². The normalized spacial score (nSPS) is 10.5. The van der Waals surface area contributed by atoms with Gasteiger partial charge in [0, 0.05) is 21.6 Å². The molecule has 0 saturated heterocycles. The van der Waals surface area contributed by atoms with E-state index in [1.165, 1.54) is 0 Å². The highest BCUT2D eigenvalue weighted by atomic mass is 79.9. The van der Waals surface area contributed by atoms with Crippen molar-refractivity contribution in [3.05, 3.63) is 40.5 Å². The molecule has 0 atom stereocenters. The first kappa shape index (κ1) is 12.5. The summed E-state index contributed by atoms with van der Waals surface area (Å²) in [5.74, 6) is 0.698. The first-order valence-corrected chi connectivity index (χ1v) is 6.74. The van der Waals surface area contributed by atoms with Crippen molar-refractivity contribution in [3.8, 4) is 0 Å². The first-order valence-electron chi connectivity index (χ1n) is 5.24. The monoisotopic (exact) mass is 314 g/mol. The number of nitrogens with one attached hydrogen (secondary N) is 1. The van der Waals surface area contributed by atoms with E-state index >= 15 is 0 Å². The molecule has 1 aromatic heterocycles. The summed E-state index contributed by atoms with van der Waals surface area (Å²) >= 11 is 9.25. The minimum absolute atomic E-state index is 0.698. The quantitative estimate of drug-likeness (QED) is 0.854. The molecule has 90 valence electrons. The number of halogens is 2. The number of alkyl halides is 1. The van der Waals surface area contributed by atoms with Gasteiger partial charge in [0.25, 0.3) is 0 Å². The molecule has 0 amide bonds. The highest BCUT2D eigenvalue weighted by Crippen LogP contribution is 2.25. The van der Waals surface area contributed by atoms with Gasteiger partial charge in [0.1, 0.15) is 0 Å². The first-order chi connectivity index (χ1) is 8.20. The molecule has 1 N–H and O–H groups in total. The van der Waals surface area contributed by atoms with Crippen LogP contribution in [0.4, 0.5) is 11.6 Å². The van der Waals surface area contributed by atoms with Crippen LogP contribution in [0.5, 0.6) is 0 Å². The molecule has 0 aliphatic rings. The highest BCUT2D eigenvalue weighted by Gasteiger charge is 2.12. The SMILES string of the molecule is Cc1noc(Nc2ccc(Cl)cc2)c1CCBr. The summed E-state index contributed by atoms with van der Waals surface area (Å²) < 4.78 is 5.27. The zero-order chi connectivity index (χ0) is 12.3. The maximum Gasteiger partial charge on any atom is 0.232 e. The van der Waals surface area contributed by atoms with Crippen LogP contribution in [0, 0.1) is 6.92 Å². The Morgan fingerprint density at radius 2 is 2.06 bits per heavy atom. The second-order valence-electron chi connectivity index (χ2n) is 3.65. The summed E-state index contributed by atoms with van der Waals surface area (Å²) in [4.78, 5) is 0. The smallest absolute Gasteiger partial charge is 0.232 e. The van der Waals surface area contributed by atoms with E-state index < -0.39 is 0 Å². The zero-order valence-corrected chi connectivity index (χ0v) is 11.7. The van der Waals surface area contributed by atoms with Gasteiger partial charge < -0.3 is 9.84 Å². The molecule has 0 aliphatic heterocycles. The third kappa shape index (κ3) is 3.01. The fraction of sp³-hybridized carbons (Fsp3) is 0.250. The minimum atomic E-state index is 0.698. The van der Waals surface area contributed by atoms with Crippen molar-refractivity contribution in [1.29, 1.82) is 0 Å². The predicted octanol–water partition coefficient (Wildman–Crippen LogP) is 4.32. The van der Waals surface area contributed by atoms with Gasteiger partial charge in [-0.25, -0.2) is 0 Å². The average molecular weight is 316 g/mol. The van der Waals surface area contributed by atoms with Crippen LogP contribution in [0.1, 0.15) is 11.3 Å². The molecule has 1 heterocycles. The summed E-state index contributed by atoms with van der Waals surface area (Å²) in [6.07, 6.45) is 0.880. The Labute approximate surface area is 113 Å². The predicted molar refractivity (Wildman–Crippen MR) is 73.5 cm³/mol. The van der Waals surface area contributed by atoms with Gasteiger partial charge >= 0.3 is 0 Å². The molecule has 0 fully saturated rings. The molecule has 0 unspecified atom stereocenters. The third-order valence-corrected chi connectivity index (χ3v) is 3.08. The maximum absolute atomic E-state index is 5.83. The summed E-state index contributed by atoms with van der Waals surface area (Å²) in [6.45, 7) is 1.94. The van der Waals surface area contributed by atoms with Crippen molar-refractivity contribution in [2.75, 3.05) is 10.6 Å². The second-order valence-corrected chi connectivity index (χ2v) is 4.88. The van der Waals surface area contributed by atoms with Gasteiger partial charge in [-0.1, -0.05) is 32.7 Å². The van der Waals surface area contributed by atoms with Crippen LogP contribution in [0.25, 0.3) is 0 Å². The topological polar surface area (TPSA) is 38.1 Å². The molecule has 0 radical (unpaired) electrons. The Balaban J connectivity index is 2.20. The van der Waals surface area contributed by atoms with Gasteiger partial charge in [0.05, 0.1) is 5.69 Å².